The maximum absolute atomic E-state index is 13.0. The minimum Gasteiger partial charge on any atom is -0.507 e. The number of nitrogens with zero attached hydrogens (tertiary/aromatic N) is 3. The van der Waals surface area contributed by atoms with Gasteiger partial charge in [-0.05, 0) is 24.0 Å². The highest BCUT2D eigenvalue weighted by Crippen LogP contribution is 2.43. The first-order chi connectivity index (χ1) is 14.4. The van der Waals surface area contributed by atoms with Crippen molar-refractivity contribution in [2.75, 3.05) is 4.90 Å². The van der Waals surface area contributed by atoms with E-state index >= 15 is 0 Å². The summed E-state index contributed by atoms with van der Waals surface area (Å²) in [5, 5.41) is 20.1. The Hall–Kier alpha value is -3.32. The fraction of sp³-hybridized carbons (Fsp3) is 0.217. The molecule has 1 saturated heterocycles. The number of aliphatic hydroxyl groups excluding tert-OH is 1. The first-order valence-corrected chi connectivity index (χ1v) is 10.5. The Morgan fingerprint density at radius 2 is 1.70 bits per heavy atom. The van der Waals surface area contributed by atoms with Gasteiger partial charge in [-0.1, -0.05) is 79.8 Å². The van der Waals surface area contributed by atoms with Crippen molar-refractivity contribution in [2.45, 2.75) is 32.7 Å². The van der Waals surface area contributed by atoms with Gasteiger partial charge in [0.05, 0.1) is 11.6 Å². The van der Waals surface area contributed by atoms with E-state index in [9.17, 15) is 14.7 Å². The van der Waals surface area contributed by atoms with Gasteiger partial charge in [0.2, 0.25) is 5.13 Å². The lowest BCUT2D eigenvalue weighted by Gasteiger charge is -2.23. The molecule has 2 heterocycles. The normalized spacial score (nSPS) is 18.4. The van der Waals surface area contributed by atoms with Crippen LogP contribution in [0.25, 0.3) is 5.76 Å². The molecule has 7 heteroatoms. The molecule has 30 heavy (non-hydrogen) atoms. The van der Waals surface area contributed by atoms with E-state index in [0.717, 1.165) is 11.1 Å². The van der Waals surface area contributed by atoms with Crippen LogP contribution < -0.4 is 4.90 Å². The molecule has 1 N–H and O–H groups in total. The largest absolute Gasteiger partial charge is 0.507 e. The highest BCUT2D eigenvalue weighted by molar-refractivity contribution is 7.15. The number of anilines is 1. The summed E-state index contributed by atoms with van der Waals surface area (Å²) >= 11 is 1.23. The minimum atomic E-state index is -0.779. The first-order valence-electron chi connectivity index (χ1n) is 9.65. The number of aryl methyl sites for hydroxylation is 1. The van der Waals surface area contributed by atoms with Crippen molar-refractivity contribution in [3.05, 3.63) is 81.9 Å². The van der Waals surface area contributed by atoms with Crippen LogP contribution in [0.3, 0.4) is 0 Å². The second-order valence-corrected chi connectivity index (χ2v) is 8.62. The average molecular weight is 420 g/mol. The molecule has 0 bridgehead atoms. The SMILES string of the molecule is Cc1nnc(N2C(=O)C(=O)C(=C(O)c3ccccc3)C2c2ccc(C(C)C)cc2)s1. The maximum Gasteiger partial charge on any atom is 0.301 e. The van der Waals surface area contributed by atoms with E-state index in [-0.39, 0.29) is 11.3 Å². The molecular formula is C23H21N3O3S. The first kappa shape index (κ1) is 20.0. The van der Waals surface area contributed by atoms with Gasteiger partial charge >= 0.3 is 5.91 Å². The summed E-state index contributed by atoms with van der Waals surface area (Å²) in [4.78, 5) is 27.3. The molecule has 0 aliphatic carbocycles. The minimum absolute atomic E-state index is 0.0522. The quantitative estimate of drug-likeness (QED) is 0.380. The molecule has 6 nitrogen and oxygen atoms in total. The van der Waals surface area contributed by atoms with Gasteiger partial charge < -0.3 is 5.11 Å². The molecule has 4 rings (SSSR count). The van der Waals surface area contributed by atoms with Crippen molar-refractivity contribution in [1.82, 2.24) is 10.2 Å². The predicted octanol–water partition coefficient (Wildman–Crippen LogP) is 4.60. The molecule has 0 spiro atoms. The fourth-order valence-corrected chi connectivity index (χ4v) is 4.26. The number of Topliss-reactive ketones (excluding diaryl/α,β-unsaturated/α-hetero) is 1. The average Bonchev–Trinajstić information content (AvgIpc) is 3.29. The molecule has 152 valence electrons. The van der Waals surface area contributed by atoms with Crippen molar-refractivity contribution in [3.8, 4) is 0 Å². The monoisotopic (exact) mass is 419 g/mol. The number of benzene rings is 2. The van der Waals surface area contributed by atoms with E-state index in [4.69, 9.17) is 0 Å². The Bertz CT molecular complexity index is 1130. The predicted molar refractivity (Wildman–Crippen MR) is 116 cm³/mol. The number of carbonyl (C=O) groups is 2. The number of aliphatic hydroxyl groups is 1. The molecule has 1 unspecified atom stereocenters. The van der Waals surface area contributed by atoms with E-state index in [2.05, 4.69) is 24.0 Å². The number of aromatic nitrogens is 2. The number of hydrogen-bond donors (Lipinski definition) is 1. The Balaban J connectivity index is 1.91. The Morgan fingerprint density at radius 1 is 1.03 bits per heavy atom. The van der Waals surface area contributed by atoms with Crippen molar-refractivity contribution in [3.63, 3.8) is 0 Å². The molecule has 1 amide bonds. The zero-order valence-corrected chi connectivity index (χ0v) is 17.7. The van der Waals surface area contributed by atoms with Gasteiger partial charge in [0.1, 0.15) is 10.8 Å². The Kier molecular flexibility index (Phi) is 5.22. The van der Waals surface area contributed by atoms with Crippen molar-refractivity contribution >= 4 is 33.9 Å². The molecule has 0 radical (unpaired) electrons. The Labute approximate surface area is 178 Å². The van der Waals surface area contributed by atoms with Crippen LogP contribution in [0.1, 0.15) is 47.5 Å². The zero-order chi connectivity index (χ0) is 21.4. The van der Waals surface area contributed by atoms with Crippen LogP contribution in [0.15, 0.2) is 60.2 Å². The Morgan fingerprint density at radius 3 is 2.27 bits per heavy atom. The molecule has 1 aliphatic rings. The van der Waals surface area contributed by atoms with Crippen LogP contribution in [-0.2, 0) is 9.59 Å². The summed E-state index contributed by atoms with van der Waals surface area (Å²) in [5.41, 5.74) is 2.40. The van der Waals surface area contributed by atoms with E-state index in [1.54, 1.807) is 31.2 Å². The number of hydrogen-bond acceptors (Lipinski definition) is 6. The molecule has 1 fully saturated rings. The lowest BCUT2D eigenvalue weighted by Crippen LogP contribution is -2.29. The second-order valence-electron chi connectivity index (χ2n) is 7.46. The number of rotatable bonds is 4. The van der Waals surface area contributed by atoms with Crippen molar-refractivity contribution in [1.29, 1.82) is 0 Å². The molecule has 1 aliphatic heterocycles. The van der Waals surface area contributed by atoms with Crippen molar-refractivity contribution in [2.24, 2.45) is 0 Å². The molecule has 3 aromatic rings. The number of amides is 1. The van der Waals surface area contributed by atoms with E-state index in [1.807, 2.05) is 30.3 Å². The zero-order valence-electron chi connectivity index (χ0n) is 16.9. The third kappa shape index (κ3) is 3.41. The summed E-state index contributed by atoms with van der Waals surface area (Å²) in [5.74, 6) is -1.31. The molecular weight excluding hydrogens is 398 g/mol. The molecule has 0 saturated carbocycles. The summed E-state index contributed by atoms with van der Waals surface area (Å²) in [6.07, 6.45) is 0. The molecule has 1 atom stereocenters. The highest BCUT2D eigenvalue weighted by Gasteiger charge is 2.48. The van der Waals surface area contributed by atoms with Gasteiger partial charge in [0.15, 0.2) is 0 Å². The van der Waals surface area contributed by atoms with E-state index in [0.29, 0.717) is 21.6 Å². The molecule has 1 aromatic heterocycles. The topological polar surface area (TPSA) is 83.4 Å². The third-order valence-electron chi connectivity index (χ3n) is 5.13. The fourth-order valence-electron chi connectivity index (χ4n) is 3.54. The van der Waals surface area contributed by atoms with E-state index < -0.39 is 17.7 Å². The smallest absolute Gasteiger partial charge is 0.301 e. The van der Waals surface area contributed by atoms with Crippen LogP contribution in [0.4, 0.5) is 5.13 Å². The van der Waals surface area contributed by atoms with Crippen LogP contribution in [0.5, 0.6) is 0 Å². The summed E-state index contributed by atoms with van der Waals surface area (Å²) in [7, 11) is 0. The summed E-state index contributed by atoms with van der Waals surface area (Å²) < 4.78 is 0. The third-order valence-corrected chi connectivity index (χ3v) is 5.97. The van der Waals surface area contributed by atoms with Crippen LogP contribution in [0, 0.1) is 6.92 Å². The summed E-state index contributed by atoms with van der Waals surface area (Å²) in [6, 6.07) is 15.7. The highest BCUT2D eigenvalue weighted by atomic mass is 32.1. The van der Waals surface area contributed by atoms with Crippen molar-refractivity contribution < 1.29 is 14.7 Å². The maximum atomic E-state index is 13.0. The number of ketones is 1. The van der Waals surface area contributed by atoms with E-state index in [1.165, 1.54) is 16.2 Å². The summed E-state index contributed by atoms with van der Waals surface area (Å²) in [6.45, 7) is 5.98. The van der Waals surface area contributed by atoms with Crippen LogP contribution in [-0.4, -0.2) is 27.0 Å². The van der Waals surface area contributed by atoms with Gasteiger partial charge in [-0.25, -0.2) is 0 Å². The molecule has 2 aromatic carbocycles. The standard InChI is InChI=1S/C23H21N3O3S/c1-13(2)15-9-11-16(12-10-15)19-18(20(27)17-7-5-4-6-8-17)21(28)22(29)26(19)23-25-24-14(3)30-23/h4-13,19,27H,1-3H3. The van der Waals surface area contributed by atoms with Gasteiger partial charge in [-0.2, -0.15) is 0 Å². The van der Waals surface area contributed by atoms with Gasteiger partial charge in [0.25, 0.3) is 5.78 Å². The lowest BCUT2D eigenvalue weighted by atomic mass is 9.93. The van der Waals surface area contributed by atoms with Crippen LogP contribution in [0.2, 0.25) is 0 Å². The van der Waals surface area contributed by atoms with Gasteiger partial charge in [-0.3, -0.25) is 14.5 Å². The van der Waals surface area contributed by atoms with Gasteiger partial charge in [-0.15, -0.1) is 10.2 Å². The van der Waals surface area contributed by atoms with Gasteiger partial charge in [0, 0.05) is 5.56 Å². The lowest BCUT2D eigenvalue weighted by molar-refractivity contribution is -0.132. The number of carbonyl (C=O) groups excluding carboxylic acids is 2. The second kappa shape index (κ2) is 7.84. The van der Waals surface area contributed by atoms with Crippen LogP contribution >= 0.6 is 11.3 Å².